The van der Waals surface area contributed by atoms with Gasteiger partial charge in [-0.2, -0.15) is 0 Å². The summed E-state index contributed by atoms with van der Waals surface area (Å²) in [6, 6.07) is 10.1. The van der Waals surface area contributed by atoms with E-state index in [2.05, 4.69) is 21.2 Å². The van der Waals surface area contributed by atoms with Crippen LogP contribution < -0.4 is 14.8 Å². The maximum atomic E-state index is 12.0. The van der Waals surface area contributed by atoms with E-state index in [9.17, 15) is 9.59 Å². The molecule has 7 heteroatoms. The second-order valence-electron chi connectivity index (χ2n) is 5.16. The molecular formula is C17H14BrNO5. The molecule has 1 aliphatic heterocycles. The van der Waals surface area contributed by atoms with E-state index >= 15 is 0 Å². The van der Waals surface area contributed by atoms with Gasteiger partial charge in [-0.15, -0.1) is 0 Å². The van der Waals surface area contributed by atoms with Crippen molar-refractivity contribution in [3.8, 4) is 11.5 Å². The van der Waals surface area contributed by atoms with E-state index in [0.29, 0.717) is 22.7 Å². The van der Waals surface area contributed by atoms with Gasteiger partial charge in [-0.3, -0.25) is 4.79 Å². The number of amides is 1. The van der Waals surface area contributed by atoms with Crippen LogP contribution in [0.3, 0.4) is 0 Å². The first kappa shape index (κ1) is 16.3. The van der Waals surface area contributed by atoms with Crippen molar-refractivity contribution in [3.63, 3.8) is 0 Å². The molecule has 0 radical (unpaired) electrons. The molecule has 2 aromatic carbocycles. The van der Waals surface area contributed by atoms with Crippen LogP contribution in [-0.2, 0) is 9.53 Å². The Morgan fingerprint density at radius 3 is 2.75 bits per heavy atom. The zero-order chi connectivity index (χ0) is 17.1. The summed E-state index contributed by atoms with van der Waals surface area (Å²) in [5.74, 6) is 0.0426. The average Bonchev–Trinajstić information content (AvgIpc) is 3.03. The first-order valence-corrected chi connectivity index (χ1v) is 7.95. The summed E-state index contributed by atoms with van der Waals surface area (Å²) in [6.45, 7) is 1.70. The van der Waals surface area contributed by atoms with Gasteiger partial charge in [-0.1, -0.05) is 22.0 Å². The number of carbonyl (C=O) groups is 2. The van der Waals surface area contributed by atoms with E-state index in [1.54, 1.807) is 24.3 Å². The number of hydrogen-bond acceptors (Lipinski definition) is 5. The third-order valence-corrected chi connectivity index (χ3v) is 4.25. The number of hydrogen-bond donors (Lipinski definition) is 1. The summed E-state index contributed by atoms with van der Waals surface area (Å²) in [5, 5.41) is 2.67. The van der Waals surface area contributed by atoms with Crippen LogP contribution in [0.15, 0.2) is 40.9 Å². The molecule has 6 nitrogen and oxygen atoms in total. The van der Waals surface area contributed by atoms with Crippen molar-refractivity contribution in [2.75, 3.05) is 18.7 Å². The maximum absolute atomic E-state index is 12.0. The zero-order valence-electron chi connectivity index (χ0n) is 12.8. The molecule has 0 saturated carbocycles. The Labute approximate surface area is 146 Å². The summed E-state index contributed by atoms with van der Waals surface area (Å²) >= 11 is 3.39. The predicted molar refractivity (Wildman–Crippen MR) is 90.4 cm³/mol. The molecule has 1 aliphatic rings. The van der Waals surface area contributed by atoms with Gasteiger partial charge in [0.2, 0.25) is 6.79 Å². The highest BCUT2D eigenvalue weighted by atomic mass is 79.9. The minimum atomic E-state index is -0.603. The Balaban J connectivity index is 1.55. The van der Waals surface area contributed by atoms with E-state index in [1.165, 1.54) is 6.07 Å². The standard InChI is InChI=1S/C17H14BrNO5/c1-10-2-4-12(7-13(10)18)19-16(20)8-22-17(21)11-3-5-14-15(6-11)24-9-23-14/h2-7H,8-9H2,1H3,(H,19,20). The quantitative estimate of drug-likeness (QED) is 0.809. The third-order valence-electron chi connectivity index (χ3n) is 3.40. The number of rotatable bonds is 4. The summed E-state index contributed by atoms with van der Waals surface area (Å²) in [6.07, 6.45) is 0. The molecule has 0 bridgehead atoms. The van der Waals surface area contributed by atoms with Crippen molar-refractivity contribution in [1.29, 1.82) is 0 Å². The fourth-order valence-electron chi connectivity index (χ4n) is 2.11. The molecule has 0 saturated heterocycles. The fraction of sp³-hybridized carbons (Fsp3) is 0.176. The Morgan fingerprint density at radius 2 is 1.96 bits per heavy atom. The molecular weight excluding hydrogens is 378 g/mol. The van der Waals surface area contributed by atoms with Gasteiger partial charge in [0.1, 0.15) is 0 Å². The second-order valence-corrected chi connectivity index (χ2v) is 6.01. The number of carbonyl (C=O) groups excluding carboxylic acids is 2. The monoisotopic (exact) mass is 391 g/mol. The molecule has 1 N–H and O–H groups in total. The van der Waals surface area contributed by atoms with Crippen LogP contribution in [0.2, 0.25) is 0 Å². The number of anilines is 1. The van der Waals surface area contributed by atoms with Crippen LogP contribution in [0.1, 0.15) is 15.9 Å². The van der Waals surface area contributed by atoms with Crippen LogP contribution in [0.4, 0.5) is 5.69 Å². The lowest BCUT2D eigenvalue weighted by molar-refractivity contribution is -0.119. The molecule has 0 atom stereocenters. The van der Waals surface area contributed by atoms with E-state index < -0.39 is 11.9 Å². The molecule has 0 spiro atoms. The van der Waals surface area contributed by atoms with Gasteiger partial charge >= 0.3 is 5.97 Å². The summed E-state index contributed by atoms with van der Waals surface area (Å²) in [5.41, 5.74) is 1.98. The molecule has 2 aromatic rings. The summed E-state index contributed by atoms with van der Waals surface area (Å²) in [7, 11) is 0. The molecule has 24 heavy (non-hydrogen) atoms. The van der Waals surface area contributed by atoms with E-state index in [0.717, 1.165) is 10.0 Å². The molecule has 1 heterocycles. The van der Waals surface area contributed by atoms with Gasteiger partial charge in [0.25, 0.3) is 5.91 Å². The highest BCUT2D eigenvalue weighted by Crippen LogP contribution is 2.32. The van der Waals surface area contributed by atoms with Gasteiger partial charge in [-0.05, 0) is 42.8 Å². The number of esters is 1. The van der Waals surface area contributed by atoms with Gasteiger partial charge in [-0.25, -0.2) is 4.79 Å². The van der Waals surface area contributed by atoms with Gasteiger partial charge in [0.05, 0.1) is 5.56 Å². The highest BCUT2D eigenvalue weighted by Gasteiger charge is 2.17. The number of halogens is 1. The fourth-order valence-corrected chi connectivity index (χ4v) is 2.48. The van der Waals surface area contributed by atoms with Crippen LogP contribution in [0, 0.1) is 6.92 Å². The second kappa shape index (κ2) is 6.92. The first-order valence-electron chi connectivity index (χ1n) is 7.16. The average molecular weight is 392 g/mol. The SMILES string of the molecule is Cc1ccc(NC(=O)COC(=O)c2ccc3c(c2)OCO3)cc1Br. The van der Waals surface area contributed by atoms with Crippen molar-refractivity contribution in [1.82, 2.24) is 0 Å². The molecule has 0 aliphatic carbocycles. The lowest BCUT2D eigenvalue weighted by Gasteiger charge is -2.08. The van der Waals surface area contributed by atoms with Crippen molar-refractivity contribution >= 4 is 33.5 Å². The van der Waals surface area contributed by atoms with Crippen LogP contribution in [0.25, 0.3) is 0 Å². The Hall–Kier alpha value is -2.54. The molecule has 1 amide bonds. The van der Waals surface area contributed by atoms with Crippen molar-refractivity contribution in [3.05, 3.63) is 52.0 Å². The molecule has 0 fully saturated rings. The molecule has 0 aromatic heterocycles. The molecule has 3 rings (SSSR count). The Kier molecular flexibility index (Phi) is 4.71. The van der Waals surface area contributed by atoms with Crippen LogP contribution in [0.5, 0.6) is 11.5 Å². The summed E-state index contributed by atoms with van der Waals surface area (Å²) < 4.78 is 16.3. The van der Waals surface area contributed by atoms with E-state index in [1.807, 2.05) is 13.0 Å². The largest absolute Gasteiger partial charge is 0.454 e. The van der Waals surface area contributed by atoms with Gasteiger partial charge in [0, 0.05) is 10.2 Å². The van der Waals surface area contributed by atoms with Crippen LogP contribution >= 0.6 is 15.9 Å². The first-order chi connectivity index (χ1) is 11.5. The van der Waals surface area contributed by atoms with Crippen molar-refractivity contribution in [2.24, 2.45) is 0 Å². The number of nitrogens with one attached hydrogen (secondary N) is 1. The molecule has 0 unspecified atom stereocenters. The Morgan fingerprint density at radius 1 is 1.17 bits per heavy atom. The van der Waals surface area contributed by atoms with Crippen molar-refractivity contribution < 1.29 is 23.8 Å². The van der Waals surface area contributed by atoms with Crippen molar-refractivity contribution in [2.45, 2.75) is 6.92 Å². The predicted octanol–water partition coefficient (Wildman–Crippen LogP) is 3.28. The summed E-state index contributed by atoms with van der Waals surface area (Å²) in [4.78, 5) is 23.9. The molecule has 124 valence electrons. The van der Waals surface area contributed by atoms with E-state index in [4.69, 9.17) is 14.2 Å². The lowest BCUT2D eigenvalue weighted by Crippen LogP contribution is -2.20. The number of aryl methyl sites for hydroxylation is 1. The van der Waals surface area contributed by atoms with E-state index in [-0.39, 0.29) is 13.4 Å². The minimum Gasteiger partial charge on any atom is -0.454 e. The lowest BCUT2D eigenvalue weighted by atomic mass is 10.2. The van der Waals surface area contributed by atoms with Gasteiger partial charge < -0.3 is 19.5 Å². The van der Waals surface area contributed by atoms with Gasteiger partial charge in [0.15, 0.2) is 18.1 Å². The minimum absolute atomic E-state index is 0.127. The topological polar surface area (TPSA) is 73.9 Å². The number of ether oxygens (including phenoxy) is 3. The zero-order valence-corrected chi connectivity index (χ0v) is 14.4. The number of benzene rings is 2. The maximum Gasteiger partial charge on any atom is 0.338 e. The highest BCUT2D eigenvalue weighted by molar-refractivity contribution is 9.10. The third kappa shape index (κ3) is 3.68. The normalized spacial score (nSPS) is 11.9. The number of fused-ring (bicyclic) bond motifs is 1. The smallest absolute Gasteiger partial charge is 0.338 e. The van der Waals surface area contributed by atoms with Crippen LogP contribution in [-0.4, -0.2) is 25.3 Å². The Bertz CT molecular complexity index is 806.